The molecule has 1 N–H and O–H groups in total. The Labute approximate surface area is 189 Å². The summed E-state index contributed by atoms with van der Waals surface area (Å²) in [6.07, 6.45) is 5.96. The predicted molar refractivity (Wildman–Crippen MR) is 125 cm³/mol. The maximum atomic E-state index is 12.1. The smallest absolute Gasteiger partial charge is 0.351 e. The largest absolute Gasteiger partial charge is 0.426 e. The maximum Gasteiger partial charge on any atom is 0.426 e. The minimum absolute atomic E-state index is 0.394. The van der Waals surface area contributed by atoms with Crippen LogP contribution in [0.25, 0.3) is 5.57 Å². The number of rotatable bonds is 7. The Bertz CT molecular complexity index is 890. The zero-order chi connectivity index (χ0) is 21.5. The molecule has 2 aliphatic heterocycles. The summed E-state index contributed by atoms with van der Waals surface area (Å²) in [5.41, 5.74) is 5.00. The lowest BCUT2D eigenvalue weighted by atomic mass is 10.0. The van der Waals surface area contributed by atoms with E-state index in [4.69, 9.17) is 16.4 Å². The van der Waals surface area contributed by atoms with Gasteiger partial charge in [0.15, 0.2) is 0 Å². The first-order chi connectivity index (χ1) is 15.2. The number of hydrogen-bond donors (Lipinski definition) is 1. The predicted octanol–water partition coefficient (Wildman–Crippen LogP) is 4.91. The van der Waals surface area contributed by atoms with E-state index in [0.717, 1.165) is 24.4 Å². The molecule has 2 aromatic rings. The van der Waals surface area contributed by atoms with E-state index >= 15 is 0 Å². The fourth-order valence-corrected chi connectivity index (χ4v) is 4.25. The third-order valence-electron chi connectivity index (χ3n) is 5.91. The Kier molecular flexibility index (Phi) is 7.62. The Morgan fingerprint density at radius 3 is 2.35 bits per heavy atom. The first-order valence-corrected chi connectivity index (χ1v) is 11.5. The minimum atomic E-state index is -0.394. The number of hydroxylamine groups is 2. The second kappa shape index (κ2) is 10.8. The average Bonchev–Trinajstić information content (AvgIpc) is 3.29. The number of carbonyl (C=O) groups excluding carboxylic acids is 1. The van der Waals surface area contributed by atoms with Crippen molar-refractivity contribution in [2.24, 2.45) is 0 Å². The lowest BCUT2D eigenvalue weighted by Crippen LogP contribution is -2.37. The lowest BCUT2D eigenvalue weighted by molar-refractivity contribution is -0.0912. The molecule has 1 fully saturated rings. The van der Waals surface area contributed by atoms with Gasteiger partial charge in [-0.05, 0) is 73.2 Å². The molecule has 0 saturated carbocycles. The van der Waals surface area contributed by atoms with Gasteiger partial charge in [-0.15, -0.1) is 5.06 Å². The number of carbonyl (C=O) groups is 1. The molecule has 164 valence electrons. The Morgan fingerprint density at radius 1 is 0.968 bits per heavy atom. The van der Waals surface area contributed by atoms with Crippen LogP contribution < -0.4 is 5.32 Å². The number of likely N-dealkylation sites (tertiary alicyclic amines) is 1. The van der Waals surface area contributed by atoms with E-state index in [1.165, 1.54) is 48.2 Å². The number of halogens is 1. The molecule has 0 radical (unpaired) electrons. The first kappa shape index (κ1) is 21.9. The van der Waals surface area contributed by atoms with Crippen molar-refractivity contribution in [3.8, 4) is 0 Å². The molecule has 5 nitrogen and oxygen atoms in total. The van der Waals surface area contributed by atoms with Crippen LogP contribution in [0, 0.1) is 0 Å². The molecule has 0 atom stereocenters. The van der Waals surface area contributed by atoms with Gasteiger partial charge in [0.25, 0.3) is 0 Å². The van der Waals surface area contributed by atoms with Gasteiger partial charge < -0.3 is 10.2 Å². The van der Waals surface area contributed by atoms with Gasteiger partial charge >= 0.3 is 6.09 Å². The molecule has 0 spiro atoms. The monoisotopic (exact) mass is 439 g/mol. The van der Waals surface area contributed by atoms with Crippen molar-refractivity contribution >= 4 is 23.3 Å². The Balaban J connectivity index is 1.16. The van der Waals surface area contributed by atoms with Crippen molar-refractivity contribution < 1.29 is 9.63 Å². The summed E-state index contributed by atoms with van der Waals surface area (Å²) in [7, 11) is 0. The minimum Gasteiger partial charge on any atom is -0.351 e. The summed E-state index contributed by atoms with van der Waals surface area (Å²) in [4.78, 5) is 20.1. The highest BCUT2D eigenvalue weighted by molar-refractivity contribution is 6.30. The van der Waals surface area contributed by atoms with E-state index in [1.807, 2.05) is 24.3 Å². The summed E-state index contributed by atoms with van der Waals surface area (Å²) in [6, 6.07) is 16.6. The van der Waals surface area contributed by atoms with Gasteiger partial charge in [0.2, 0.25) is 0 Å². The molecule has 2 aliphatic rings. The SMILES string of the molecule is O=C(NCCc1ccc(CN2CCCC2)cc1)ON1CC=C(c2ccc(Cl)cc2)CC1. The summed E-state index contributed by atoms with van der Waals surface area (Å²) < 4.78 is 0. The van der Waals surface area contributed by atoms with Crippen LogP contribution in [0.2, 0.25) is 5.02 Å². The van der Waals surface area contributed by atoms with Gasteiger partial charge in [-0.2, -0.15) is 0 Å². The van der Waals surface area contributed by atoms with Crippen molar-refractivity contribution in [1.82, 2.24) is 15.3 Å². The molecule has 0 unspecified atom stereocenters. The van der Waals surface area contributed by atoms with E-state index in [9.17, 15) is 4.79 Å². The van der Waals surface area contributed by atoms with Gasteiger partial charge in [0.05, 0.1) is 6.54 Å². The Morgan fingerprint density at radius 2 is 1.68 bits per heavy atom. The van der Waals surface area contributed by atoms with E-state index in [0.29, 0.717) is 19.6 Å². The Hall–Kier alpha value is -2.34. The van der Waals surface area contributed by atoms with Crippen LogP contribution in [0.15, 0.2) is 54.6 Å². The number of benzene rings is 2. The molecule has 6 heteroatoms. The van der Waals surface area contributed by atoms with E-state index < -0.39 is 6.09 Å². The third kappa shape index (κ3) is 6.57. The van der Waals surface area contributed by atoms with Crippen molar-refractivity contribution in [3.63, 3.8) is 0 Å². The van der Waals surface area contributed by atoms with Gasteiger partial charge in [0.1, 0.15) is 0 Å². The molecule has 2 aromatic carbocycles. The van der Waals surface area contributed by atoms with E-state index in [2.05, 4.69) is 40.6 Å². The van der Waals surface area contributed by atoms with Crippen molar-refractivity contribution in [2.45, 2.75) is 32.2 Å². The maximum absolute atomic E-state index is 12.1. The molecule has 0 aliphatic carbocycles. The molecule has 1 amide bonds. The summed E-state index contributed by atoms with van der Waals surface area (Å²) in [5.74, 6) is 0. The van der Waals surface area contributed by atoms with Crippen molar-refractivity contribution in [1.29, 1.82) is 0 Å². The third-order valence-corrected chi connectivity index (χ3v) is 6.16. The standard InChI is InChI=1S/C25H30ClN3O2/c26-24-9-7-22(8-10-24)23-12-17-29(18-13-23)31-25(30)27-14-11-20-3-5-21(6-4-20)19-28-15-1-2-16-28/h3-10,12H,1-2,11,13-19H2,(H,27,30). The van der Waals surface area contributed by atoms with Crippen LogP contribution in [-0.2, 0) is 17.8 Å². The normalized spacial score (nSPS) is 17.4. The second-order valence-electron chi connectivity index (χ2n) is 8.23. The van der Waals surface area contributed by atoms with Crippen LogP contribution >= 0.6 is 11.6 Å². The van der Waals surface area contributed by atoms with Crippen LogP contribution in [0.3, 0.4) is 0 Å². The zero-order valence-corrected chi connectivity index (χ0v) is 18.6. The van der Waals surface area contributed by atoms with Crippen LogP contribution in [0.5, 0.6) is 0 Å². The highest BCUT2D eigenvalue weighted by Gasteiger charge is 2.17. The molecule has 0 aromatic heterocycles. The second-order valence-corrected chi connectivity index (χ2v) is 8.67. The summed E-state index contributed by atoms with van der Waals surface area (Å²) in [5, 5.41) is 5.29. The number of amides is 1. The van der Waals surface area contributed by atoms with Gasteiger partial charge in [-0.1, -0.05) is 54.1 Å². The lowest BCUT2D eigenvalue weighted by Gasteiger charge is -2.25. The fourth-order valence-electron chi connectivity index (χ4n) is 4.13. The highest BCUT2D eigenvalue weighted by Crippen LogP contribution is 2.23. The van der Waals surface area contributed by atoms with Crippen molar-refractivity contribution in [3.05, 3.63) is 76.3 Å². The molecule has 31 heavy (non-hydrogen) atoms. The van der Waals surface area contributed by atoms with E-state index in [-0.39, 0.29) is 0 Å². The molecule has 4 rings (SSSR count). The van der Waals surface area contributed by atoms with E-state index in [1.54, 1.807) is 5.06 Å². The molecular formula is C25H30ClN3O2. The summed E-state index contributed by atoms with van der Waals surface area (Å²) in [6.45, 7) is 5.29. The molecular weight excluding hydrogens is 410 g/mol. The average molecular weight is 440 g/mol. The number of nitrogens with zero attached hydrogens (tertiary/aromatic N) is 2. The topological polar surface area (TPSA) is 44.8 Å². The fraction of sp³-hybridized carbons (Fsp3) is 0.400. The van der Waals surface area contributed by atoms with Gasteiger partial charge in [-0.25, -0.2) is 4.79 Å². The molecule has 1 saturated heterocycles. The molecule has 2 heterocycles. The first-order valence-electron chi connectivity index (χ1n) is 11.1. The van der Waals surface area contributed by atoms with Crippen LogP contribution in [0.4, 0.5) is 4.79 Å². The van der Waals surface area contributed by atoms with Crippen LogP contribution in [-0.4, -0.2) is 48.8 Å². The number of hydrogen-bond acceptors (Lipinski definition) is 4. The molecule has 0 bridgehead atoms. The van der Waals surface area contributed by atoms with Crippen molar-refractivity contribution in [2.75, 3.05) is 32.7 Å². The highest BCUT2D eigenvalue weighted by atomic mass is 35.5. The zero-order valence-electron chi connectivity index (χ0n) is 17.9. The quantitative estimate of drug-likeness (QED) is 0.665. The van der Waals surface area contributed by atoms with Crippen LogP contribution in [0.1, 0.15) is 36.0 Å². The van der Waals surface area contributed by atoms with Gasteiger partial charge in [0, 0.05) is 24.7 Å². The van der Waals surface area contributed by atoms with Gasteiger partial charge in [-0.3, -0.25) is 4.90 Å². The number of nitrogens with one attached hydrogen (secondary N) is 1. The summed E-state index contributed by atoms with van der Waals surface area (Å²) >= 11 is 5.96.